The summed E-state index contributed by atoms with van der Waals surface area (Å²) in [4.78, 5) is 65.9. The van der Waals surface area contributed by atoms with Gasteiger partial charge in [-0.3, -0.25) is 19.2 Å². The number of carboxylic acid groups (broad SMARTS) is 1. The first-order valence-electron chi connectivity index (χ1n) is 18.2. The van der Waals surface area contributed by atoms with E-state index < -0.39 is 51.5 Å². The summed E-state index contributed by atoms with van der Waals surface area (Å²) in [6, 6.07) is 0. The number of hydrogen-bond acceptors (Lipinski definition) is 9. The number of ether oxygens (including phenoxy) is 2. The van der Waals surface area contributed by atoms with Crippen LogP contribution >= 0.6 is 0 Å². The van der Waals surface area contributed by atoms with Crippen molar-refractivity contribution in [3.8, 4) is 0 Å². The lowest BCUT2D eigenvalue weighted by Gasteiger charge is -2.70. The third kappa shape index (κ3) is 5.11. The number of carbonyl (C=O) groups is 4. The average Bonchev–Trinajstić information content (AvgIpc) is 3.37. The van der Waals surface area contributed by atoms with Crippen LogP contribution in [0.4, 0.5) is 0 Å². The highest BCUT2D eigenvalue weighted by molar-refractivity contribution is 5.96. The molecule has 0 unspecified atom stereocenters. The number of ketones is 1. The zero-order chi connectivity index (χ0) is 35.9. The van der Waals surface area contributed by atoms with Crippen molar-refractivity contribution < 1.29 is 42.6 Å². The number of esters is 2. The first kappa shape index (κ1) is 35.6. The predicted molar refractivity (Wildman–Crippen MR) is 178 cm³/mol. The van der Waals surface area contributed by atoms with Gasteiger partial charge < -0.3 is 23.4 Å². The van der Waals surface area contributed by atoms with E-state index in [-0.39, 0.29) is 46.7 Å². The molecule has 10 nitrogen and oxygen atoms in total. The van der Waals surface area contributed by atoms with Crippen molar-refractivity contribution in [1.29, 1.82) is 0 Å². The highest BCUT2D eigenvalue weighted by Crippen LogP contribution is 2.75. The highest BCUT2D eigenvalue weighted by Gasteiger charge is 2.72. The van der Waals surface area contributed by atoms with Gasteiger partial charge in [0.2, 0.25) is 0 Å². The number of aryl methyl sites for hydroxylation is 1. The molecular weight excluding hydrogens is 628 g/mol. The highest BCUT2D eigenvalue weighted by atomic mass is 16.6. The molecule has 10 atom stereocenters. The lowest BCUT2D eigenvalue weighted by Crippen LogP contribution is -2.68. The number of hydrogen-bond donors (Lipinski definition) is 1. The molecule has 1 aromatic heterocycles. The molecule has 0 saturated heterocycles. The normalized spacial score (nSPS) is 42.9. The van der Waals surface area contributed by atoms with Crippen LogP contribution in [0.5, 0.6) is 0 Å². The van der Waals surface area contributed by atoms with E-state index in [0.29, 0.717) is 57.1 Å². The van der Waals surface area contributed by atoms with Crippen LogP contribution in [-0.2, 0) is 41.7 Å². The first-order valence-corrected chi connectivity index (χ1v) is 18.2. The van der Waals surface area contributed by atoms with Gasteiger partial charge in [-0.15, -0.1) is 0 Å². The van der Waals surface area contributed by atoms with Crippen LogP contribution in [0.2, 0.25) is 0 Å². The number of aliphatic carboxylic acids is 1. The minimum Gasteiger partial charge on any atom is -0.481 e. The van der Waals surface area contributed by atoms with Crippen molar-refractivity contribution in [3.05, 3.63) is 33.8 Å². The smallest absolute Gasteiger partial charge is 0.481 e. The SMILES string of the molecule is CCCc1oc(=O)oc1COC(=O)[C@]1(C)[C@@H](OC(C)=O)CC[C@@]2(C)[C@H]1CC[C@]1(C)[C@@H]2C(=O)C=C2[C@@H]3C[C@@](C)(C(=O)O)CC[C@]3(C)CC[C@]21C. The third-order valence-corrected chi connectivity index (χ3v) is 15.0. The monoisotopic (exact) mass is 682 g/mol. The summed E-state index contributed by atoms with van der Waals surface area (Å²) in [7, 11) is 0. The minimum absolute atomic E-state index is 0.00822. The summed E-state index contributed by atoms with van der Waals surface area (Å²) < 4.78 is 22.2. The second-order valence-electron chi connectivity index (χ2n) is 17.6. The average molecular weight is 683 g/mol. The largest absolute Gasteiger partial charge is 0.519 e. The van der Waals surface area contributed by atoms with E-state index >= 15 is 0 Å². The maximum atomic E-state index is 14.8. The van der Waals surface area contributed by atoms with Crippen molar-refractivity contribution in [1.82, 2.24) is 0 Å². The standard InChI is InChI=1S/C39H54O10/c1-9-10-26-27(49-33(45)48-26)21-46-32(44)39(8)28-11-14-38(7)30(36(28,5)13-12-29(39)47-22(2)40)25(41)19-23-24-20-35(4,31(42)43)16-15-34(24,3)17-18-37(23,38)6/h19,24,28-30H,9-18,20-21H2,1-8H3,(H,42,43)/t24-,28+,29-,30+,34+,35-,36-,37+,38+,39-/m0/s1. The Morgan fingerprint density at radius 1 is 0.918 bits per heavy atom. The Labute approximate surface area is 288 Å². The van der Waals surface area contributed by atoms with Gasteiger partial charge in [-0.25, -0.2) is 4.79 Å². The molecule has 6 rings (SSSR count). The van der Waals surface area contributed by atoms with Crippen molar-refractivity contribution in [2.45, 2.75) is 139 Å². The maximum absolute atomic E-state index is 14.8. The number of carboxylic acids is 1. The Bertz CT molecular complexity index is 1650. The predicted octanol–water partition coefficient (Wildman–Crippen LogP) is 7.21. The van der Waals surface area contributed by atoms with Crippen LogP contribution < -0.4 is 5.82 Å². The van der Waals surface area contributed by atoms with Crippen molar-refractivity contribution in [2.75, 3.05) is 0 Å². The molecule has 0 bridgehead atoms. The first-order chi connectivity index (χ1) is 22.8. The van der Waals surface area contributed by atoms with E-state index in [0.717, 1.165) is 24.8 Å². The van der Waals surface area contributed by atoms with E-state index in [1.165, 1.54) is 6.92 Å². The molecule has 1 heterocycles. The van der Waals surface area contributed by atoms with Crippen molar-refractivity contribution >= 4 is 23.7 Å². The molecule has 10 heteroatoms. The third-order valence-electron chi connectivity index (χ3n) is 15.0. The molecule has 0 spiro atoms. The van der Waals surface area contributed by atoms with Gasteiger partial charge in [-0.05, 0) is 118 Å². The molecule has 4 fully saturated rings. The molecule has 0 amide bonds. The lowest BCUT2D eigenvalue weighted by atomic mass is 9.33. The summed E-state index contributed by atoms with van der Waals surface area (Å²) in [6.45, 7) is 15.6. The fourth-order valence-corrected chi connectivity index (χ4v) is 11.8. The summed E-state index contributed by atoms with van der Waals surface area (Å²) in [5, 5.41) is 10.2. The van der Waals surface area contributed by atoms with E-state index in [9.17, 15) is 29.1 Å². The second kappa shape index (κ2) is 11.7. The molecule has 0 radical (unpaired) electrons. The van der Waals surface area contributed by atoms with Crippen LogP contribution in [0.15, 0.2) is 25.3 Å². The number of fused-ring (bicyclic) bond motifs is 7. The lowest BCUT2D eigenvalue weighted by molar-refractivity contribution is -0.224. The zero-order valence-corrected chi connectivity index (χ0v) is 30.5. The van der Waals surface area contributed by atoms with Crippen LogP contribution in [0.1, 0.15) is 131 Å². The molecule has 1 aromatic rings. The fraction of sp³-hybridized carbons (Fsp3) is 0.769. The Kier molecular flexibility index (Phi) is 8.51. The zero-order valence-electron chi connectivity index (χ0n) is 30.5. The van der Waals surface area contributed by atoms with Gasteiger partial charge in [0.1, 0.15) is 11.5 Å². The van der Waals surface area contributed by atoms with Gasteiger partial charge >= 0.3 is 23.7 Å². The molecule has 49 heavy (non-hydrogen) atoms. The molecule has 5 aliphatic rings. The van der Waals surface area contributed by atoms with Crippen LogP contribution in [0.25, 0.3) is 0 Å². The fourth-order valence-electron chi connectivity index (χ4n) is 11.8. The molecule has 0 aromatic carbocycles. The quantitative estimate of drug-likeness (QED) is 0.292. The summed E-state index contributed by atoms with van der Waals surface area (Å²) >= 11 is 0. The van der Waals surface area contributed by atoms with Crippen molar-refractivity contribution in [3.63, 3.8) is 0 Å². The van der Waals surface area contributed by atoms with Gasteiger partial charge in [-0.1, -0.05) is 40.2 Å². The number of rotatable bonds is 7. The van der Waals surface area contributed by atoms with Gasteiger partial charge in [0.05, 0.1) is 5.41 Å². The van der Waals surface area contributed by atoms with E-state index in [4.69, 9.17) is 18.3 Å². The Morgan fingerprint density at radius 3 is 2.24 bits per heavy atom. The summed E-state index contributed by atoms with van der Waals surface area (Å²) in [6.07, 6.45) is 8.48. The molecular formula is C39H54O10. The van der Waals surface area contributed by atoms with Gasteiger partial charge in [0.15, 0.2) is 23.9 Å². The van der Waals surface area contributed by atoms with Gasteiger partial charge in [0, 0.05) is 19.3 Å². The van der Waals surface area contributed by atoms with Gasteiger partial charge in [0.25, 0.3) is 0 Å². The topological polar surface area (TPSA) is 150 Å². The van der Waals surface area contributed by atoms with Crippen LogP contribution in [0, 0.1) is 50.2 Å². The molecule has 0 aliphatic heterocycles. The van der Waals surface area contributed by atoms with Gasteiger partial charge in [-0.2, -0.15) is 0 Å². The van der Waals surface area contributed by atoms with E-state index in [1.54, 1.807) is 0 Å². The number of allylic oxidation sites excluding steroid dienone is 2. The van der Waals surface area contributed by atoms with E-state index in [1.807, 2.05) is 26.8 Å². The van der Waals surface area contributed by atoms with E-state index in [2.05, 4.69) is 27.7 Å². The molecule has 4 saturated carbocycles. The Morgan fingerprint density at radius 2 is 1.59 bits per heavy atom. The minimum atomic E-state index is -1.27. The Balaban J connectivity index is 1.38. The molecule has 270 valence electrons. The maximum Gasteiger partial charge on any atom is 0.519 e. The second-order valence-corrected chi connectivity index (χ2v) is 17.6. The van der Waals surface area contributed by atoms with Crippen LogP contribution in [-0.4, -0.2) is 34.9 Å². The Hall–Kier alpha value is -3.17. The van der Waals surface area contributed by atoms with Crippen LogP contribution in [0.3, 0.4) is 0 Å². The van der Waals surface area contributed by atoms with Crippen molar-refractivity contribution in [2.24, 2.45) is 50.2 Å². The molecule has 5 aliphatic carbocycles. The molecule has 1 N–H and O–H groups in total. The summed E-state index contributed by atoms with van der Waals surface area (Å²) in [5.74, 6) is -2.81. The number of carbonyl (C=O) groups excluding carboxylic acids is 3. The summed E-state index contributed by atoms with van der Waals surface area (Å²) in [5.41, 5.74) is -2.39.